The van der Waals surface area contributed by atoms with Crippen LogP contribution in [0.4, 0.5) is 0 Å². The van der Waals surface area contributed by atoms with Crippen molar-refractivity contribution in [1.29, 1.82) is 0 Å². The second-order valence-corrected chi connectivity index (χ2v) is 6.91. The Hall–Kier alpha value is -1.32. The molecule has 1 aliphatic carbocycles. The average Bonchev–Trinajstić information content (AvgIpc) is 2.93. The molecule has 1 aliphatic rings. The highest BCUT2D eigenvalue weighted by Gasteiger charge is 2.15. The minimum atomic E-state index is -0.0203. The maximum Gasteiger partial charge on any atom is 0.200 e. The van der Waals surface area contributed by atoms with Gasteiger partial charge >= 0.3 is 0 Å². The Bertz CT molecular complexity index is 717. The van der Waals surface area contributed by atoms with E-state index in [2.05, 4.69) is 22.0 Å². The minimum Gasteiger partial charge on any atom is -0.484 e. The lowest BCUT2D eigenvalue weighted by Gasteiger charge is -2.11. The number of hydrogen-bond acceptors (Lipinski definition) is 2. The first-order valence-corrected chi connectivity index (χ1v) is 8.45. The molecule has 0 amide bonds. The summed E-state index contributed by atoms with van der Waals surface area (Å²) in [5, 5.41) is 0.508. The Balaban J connectivity index is 1.73. The van der Waals surface area contributed by atoms with E-state index in [1.54, 1.807) is 6.07 Å². The largest absolute Gasteiger partial charge is 0.484 e. The van der Waals surface area contributed by atoms with E-state index in [1.165, 1.54) is 17.5 Å². The fourth-order valence-corrected chi connectivity index (χ4v) is 3.86. The lowest BCUT2D eigenvalue weighted by molar-refractivity contribution is 0.0921. The van der Waals surface area contributed by atoms with Crippen LogP contribution in [0.5, 0.6) is 5.75 Å². The zero-order valence-electron chi connectivity index (χ0n) is 12.3. The van der Waals surface area contributed by atoms with Gasteiger partial charge in [0.2, 0.25) is 0 Å². The van der Waals surface area contributed by atoms with Crippen LogP contribution in [-0.4, -0.2) is 12.4 Å². The van der Waals surface area contributed by atoms with Crippen LogP contribution < -0.4 is 4.74 Å². The van der Waals surface area contributed by atoms with Crippen molar-refractivity contribution in [3.8, 4) is 5.75 Å². The molecular formula is C18H16BrClO2. The fourth-order valence-electron chi connectivity index (χ4n) is 2.84. The third-order valence-corrected chi connectivity index (χ3v) is 4.70. The highest BCUT2D eigenvalue weighted by molar-refractivity contribution is 9.10. The van der Waals surface area contributed by atoms with Crippen molar-refractivity contribution >= 4 is 33.3 Å². The standard InChI is InChI=1S/C18H16BrClO2/c1-11-7-15(19)9-16(20)18(11)22-10-17(21)14-6-5-12-3-2-4-13(12)8-14/h5-9H,2-4,10H2,1H3. The summed E-state index contributed by atoms with van der Waals surface area (Å²) in [4.78, 5) is 12.3. The van der Waals surface area contributed by atoms with E-state index in [0.29, 0.717) is 16.3 Å². The molecule has 0 N–H and O–H groups in total. The molecule has 2 aromatic rings. The predicted octanol–water partition coefficient (Wildman–Crippen LogP) is 5.16. The van der Waals surface area contributed by atoms with Crippen LogP contribution in [0.1, 0.15) is 33.5 Å². The lowest BCUT2D eigenvalue weighted by Crippen LogP contribution is -2.12. The van der Waals surface area contributed by atoms with Gasteiger partial charge in [-0.3, -0.25) is 4.79 Å². The molecule has 2 nitrogen and oxygen atoms in total. The topological polar surface area (TPSA) is 26.3 Å². The highest BCUT2D eigenvalue weighted by atomic mass is 79.9. The van der Waals surface area contributed by atoms with Crippen LogP contribution in [-0.2, 0) is 12.8 Å². The molecule has 2 aromatic carbocycles. The smallest absolute Gasteiger partial charge is 0.200 e. The maximum atomic E-state index is 12.3. The van der Waals surface area contributed by atoms with Gasteiger partial charge < -0.3 is 4.74 Å². The Kier molecular flexibility index (Phi) is 4.55. The normalized spacial score (nSPS) is 13.0. The number of ketones is 1. The van der Waals surface area contributed by atoms with E-state index >= 15 is 0 Å². The van der Waals surface area contributed by atoms with E-state index in [9.17, 15) is 4.79 Å². The Labute approximate surface area is 143 Å². The molecular weight excluding hydrogens is 364 g/mol. The second-order valence-electron chi connectivity index (χ2n) is 5.58. The van der Waals surface area contributed by atoms with Gasteiger partial charge in [0.15, 0.2) is 12.4 Å². The zero-order chi connectivity index (χ0) is 15.7. The lowest BCUT2D eigenvalue weighted by atomic mass is 10.0. The second kappa shape index (κ2) is 6.43. The van der Waals surface area contributed by atoms with Crippen LogP contribution >= 0.6 is 27.5 Å². The molecule has 114 valence electrons. The molecule has 0 fully saturated rings. The van der Waals surface area contributed by atoms with Gasteiger partial charge in [-0.1, -0.05) is 39.7 Å². The number of Topliss-reactive ketones (excluding diaryl/α,β-unsaturated/α-hetero) is 1. The summed E-state index contributed by atoms with van der Waals surface area (Å²) in [6.45, 7) is 1.91. The third-order valence-electron chi connectivity index (χ3n) is 3.96. The molecule has 0 aromatic heterocycles. The maximum absolute atomic E-state index is 12.3. The fraction of sp³-hybridized carbons (Fsp3) is 0.278. The number of carbonyl (C=O) groups is 1. The molecule has 0 heterocycles. The molecule has 0 radical (unpaired) electrons. The van der Waals surface area contributed by atoms with E-state index in [-0.39, 0.29) is 12.4 Å². The molecule has 0 saturated heterocycles. The van der Waals surface area contributed by atoms with Crippen molar-refractivity contribution in [3.63, 3.8) is 0 Å². The Morgan fingerprint density at radius 3 is 2.77 bits per heavy atom. The number of hydrogen-bond donors (Lipinski definition) is 0. The van der Waals surface area contributed by atoms with E-state index in [0.717, 1.165) is 22.9 Å². The number of halogens is 2. The highest BCUT2D eigenvalue weighted by Crippen LogP contribution is 2.32. The molecule has 0 spiro atoms. The van der Waals surface area contributed by atoms with Crippen molar-refractivity contribution in [2.24, 2.45) is 0 Å². The SMILES string of the molecule is Cc1cc(Br)cc(Cl)c1OCC(=O)c1ccc2c(c1)CCC2. The summed E-state index contributed by atoms with van der Waals surface area (Å²) in [7, 11) is 0. The quantitative estimate of drug-likeness (QED) is 0.686. The minimum absolute atomic E-state index is 0.000971. The Morgan fingerprint density at radius 1 is 1.23 bits per heavy atom. The van der Waals surface area contributed by atoms with Gasteiger partial charge in [0.25, 0.3) is 0 Å². The van der Waals surface area contributed by atoms with E-state index in [4.69, 9.17) is 16.3 Å². The molecule has 0 unspecified atom stereocenters. The molecule has 22 heavy (non-hydrogen) atoms. The molecule has 0 atom stereocenters. The van der Waals surface area contributed by atoms with Gasteiger partial charge in [0.05, 0.1) is 5.02 Å². The van der Waals surface area contributed by atoms with E-state index in [1.807, 2.05) is 25.1 Å². The van der Waals surface area contributed by atoms with Crippen molar-refractivity contribution < 1.29 is 9.53 Å². The number of ether oxygens (including phenoxy) is 1. The van der Waals surface area contributed by atoms with Crippen molar-refractivity contribution in [2.45, 2.75) is 26.2 Å². The van der Waals surface area contributed by atoms with Gasteiger partial charge in [-0.15, -0.1) is 0 Å². The number of carbonyl (C=O) groups excluding carboxylic acids is 1. The van der Waals surface area contributed by atoms with Crippen LogP contribution in [0.2, 0.25) is 5.02 Å². The molecule has 4 heteroatoms. The first-order chi connectivity index (χ1) is 10.5. The van der Waals surface area contributed by atoms with E-state index < -0.39 is 0 Å². The van der Waals surface area contributed by atoms with Gasteiger partial charge in [-0.05, 0) is 61.1 Å². The first kappa shape index (κ1) is 15.6. The predicted molar refractivity (Wildman–Crippen MR) is 92.2 cm³/mol. The van der Waals surface area contributed by atoms with Crippen LogP contribution in [0.3, 0.4) is 0 Å². The van der Waals surface area contributed by atoms with Crippen LogP contribution in [0.25, 0.3) is 0 Å². The monoisotopic (exact) mass is 378 g/mol. The van der Waals surface area contributed by atoms with Gasteiger partial charge in [0.1, 0.15) is 5.75 Å². The third kappa shape index (κ3) is 3.21. The number of fused-ring (bicyclic) bond motifs is 1. The van der Waals surface area contributed by atoms with Gasteiger partial charge in [-0.2, -0.15) is 0 Å². The van der Waals surface area contributed by atoms with Crippen molar-refractivity contribution in [2.75, 3.05) is 6.61 Å². The van der Waals surface area contributed by atoms with Crippen molar-refractivity contribution in [3.05, 3.63) is 62.1 Å². The number of rotatable bonds is 4. The number of aryl methyl sites for hydroxylation is 3. The average molecular weight is 380 g/mol. The summed E-state index contributed by atoms with van der Waals surface area (Å²) < 4.78 is 6.55. The van der Waals surface area contributed by atoms with Gasteiger partial charge in [-0.25, -0.2) is 0 Å². The summed E-state index contributed by atoms with van der Waals surface area (Å²) in [5.74, 6) is 0.549. The van der Waals surface area contributed by atoms with Crippen LogP contribution in [0, 0.1) is 6.92 Å². The summed E-state index contributed by atoms with van der Waals surface area (Å²) in [5.41, 5.74) is 4.28. The Morgan fingerprint density at radius 2 is 2.00 bits per heavy atom. The summed E-state index contributed by atoms with van der Waals surface area (Å²) >= 11 is 9.56. The van der Waals surface area contributed by atoms with Gasteiger partial charge in [0, 0.05) is 10.0 Å². The van der Waals surface area contributed by atoms with Crippen molar-refractivity contribution in [1.82, 2.24) is 0 Å². The zero-order valence-corrected chi connectivity index (χ0v) is 14.6. The molecule has 0 saturated carbocycles. The number of benzene rings is 2. The summed E-state index contributed by atoms with van der Waals surface area (Å²) in [6.07, 6.45) is 3.36. The first-order valence-electron chi connectivity index (χ1n) is 7.28. The molecule has 0 bridgehead atoms. The molecule has 0 aliphatic heterocycles. The van der Waals surface area contributed by atoms with Crippen LogP contribution in [0.15, 0.2) is 34.8 Å². The summed E-state index contributed by atoms with van der Waals surface area (Å²) in [6, 6.07) is 9.65. The molecule has 3 rings (SSSR count).